The Morgan fingerprint density at radius 2 is 2.08 bits per heavy atom. The van der Waals surface area contributed by atoms with Gasteiger partial charge in [0.25, 0.3) is 0 Å². The number of carbonyl (C=O) groups is 1. The van der Waals surface area contributed by atoms with Crippen LogP contribution in [0.2, 0.25) is 0 Å². The summed E-state index contributed by atoms with van der Waals surface area (Å²) in [5.41, 5.74) is 2.67. The minimum Gasteiger partial charge on any atom is -0.393 e. The summed E-state index contributed by atoms with van der Waals surface area (Å²) in [4.78, 5) is 19.5. The predicted molar refractivity (Wildman–Crippen MR) is 99.7 cm³/mol. The van der Waals surface area contributed by atoms with Gasteiger partial charge in [0.05, 0.1) is 18.7 Å². The fourth-order valence-corrected chi connectivity index (χ4v) is 5.51. The molecule has 136 valence electrons. The molecule has 3 aliphatic rings. The molecule has 1 aromatic carbocycles. The third-order valence-electron chi connectivity index (χ3n) is 6.22. The Morgan fingerprint density at radius 1 is 1.27 bits per heavy atom. The van der Waals surface area contributed by atoms with Gasteiger partial charge in [-0.1, -0.05) is 24.3 Å². The van der Waals surface area contributed by atoms with E-state index in [0.29, 0.717) is 24.7 Å². The summed E-state index contributed by atoms with van der Waals surface area (Å²) in [6, 6.07) is 8.65. The predicted octanol–water partition coefficient (Wildman–Crippen LogP) is 2.30. The molecule has 2 aromatic rings. The number of amides is 1. The lowest BCUT2D eigenvalue weighted by atomic mass is 9.81. The zero-order valence-corrected chi connectivity index (χ0v) is 15.4. The molecule has 26 heavy (non-hydrogen) atoms. The van der Waals surface area contributed by atoms with Gasteiger partial charge in [-0.15, -0.1) is 11.3 Å². The van der Waals surface area contributed by atoms with Crippen LogP contribution in [0.5, 0.6) is 0 Å². The Bertz CT molecular complexity index is 803. The van der Waals surface area contributed by atoms with Gasteiger partial charge in [-0.3, -0.25) is 9.69 Å². The van der Waals surface area contributed by atoms with Crippen LogP contribution in [0, 0.1) is 11.8 Å². The van der Waals surface area contributed by atoms with E-state index in [0.717, 1.165) is 24.6 Å². The minimum atomic E-state index is -0.297. The number of likely N-dealkylation sites (tertiary alicyclic amines) is 1. The smallest absolute Gasteiger partial charge is 0.223 e. The zero-order chi connectivity index (χ0) is 17.7. The highest BCUT2D eigenvalue weighted by Crippen LogP contribution is 2.49. The fraction of sp³-hybridized carbons (Fsp3) is 0.500. The quantitative estimate of drug-likeness (QED) is 0.868. The number of hydrogen-bond donors (Lipinski definition) is 2. The van der Waals surface area contributed by atoms with E-state index in [1.807, 2.05) is 11.6 Å². The van der Waals surface area contributed by atoms with Gasteiger partial charge in [0, 0.05) is 42.4 Å². The molecule has 2 heterocycles. The third kappa shape index (κ3) is 2.76. The molecule has 1 saturated heterocycles. The first-order valence-electron chi connectivity index (χ1n) is 9.37. The highest BCUT2D eigenvalue weighted by molar-refractivity contribution is 7.09. The molecule has 3 atom stereocenters. The lowest BCUT2D eigenvalue weighted by Crippen LogP contribution is -2.43. The summed E-state index contributed by atoms with van der Waals surface area (Å²) in [6.07, 6.45) is 2.77. The average molecular weight is 369 g/mol. The maximum absolute atomic E-state index is 12.6. The number of benzene rings is 1. The standard InChI is InChI=1S/C20H23N3O2S/c24-13-7-12(8-13)20(25)22-19-15-4-2-1-3-14(15)16-9-23(10-17(16)19)11-18-21-5-6-26-18/h1-6,12-13,16-17,19,24H,7-11H2,(H,22,25)/t12?,13?,16-,17-,19+/m0/s1. The van der Waals surface area contributed by atoms with Crippen LogP contribution in [-0.2, 0) is 11.3 Å². The molecule has 1 aliphatic heterocycles. The molecular weight excluding hydrogens is 346 g/mol. The number of nitrogens with zero attached hydrogens (tertiary/aromatic N) is 2. The normalized spacial score (nSPS) is 32.7. The van der Waals surface area contributed by atoms with Crippen molar-refractivity contribution in [1.29, 1.82) is 0 Å². The van der Waals surface area contributed by atoms with Crippen LogP contribution in [0.4, 0.5) is 0 Å². The number of rotatable bonds is 4. The van der Waals surface area contributed by atoms with Crippen LogP contribution in [0.25, 0.3) is 0 Å². The van der Waals surface area contributed by atoms with Crippen molar-refractivity contribution in [2.24, 2.45) is 11.8 Å². The van der Waals surface area contributed by atoms with E-state index in [4.69, 9.17) is 0 Å². The second-order valence-electron chi connectivity index (χ2n) is 7.83. The van der Waals surface area contributed by atoms with Crippen LogP contribution < -0.4 is 5.32 Å². The summed E-state index contributed by atoms with van der Waals surface area (Å²) in [7, 11) is 0. The summed E-state index contributed by atoms with van der Waals surface area (Å²) in [5.74, 6) is 0.975. The van der Waals surface area contributed by atoms with Crippen LogP contribution in [-0.4, -0.2) is 40.1 Å². The van der Waals surface area contributed by atoms with Gasteiger partial charge in [0.15, 0.2) is 0 Å². The number of thiazole rings is 1. The number of fused-ring (bicyclic) bond motifs is 3. The first-order chi connectivity index (χ1) is 12.7. The molecule has 5 nitrogen and oxygen atoms in total. The molecule has 5 rings (SSSR count). The van der Waals surface area contributed by atoms with Crippen molar-refractivity contribution in [3.05, 3.63) is 52.0 Å². The topological polar surface area (TPSA) is 65.5 Å². The van der Waals surface area contributed by atoms with Crippen molar-refractivity contribution in [2.75, 3.05) is 13.1 Å². The molecular formula is C20H23N3O2S. The Labute approximate surface area is 157 Å². The minimum absolute atomic E-state index is 0.0240. The maximum Gasteiger partial charge on any atom is 0.223 e. The lowest BCUT2D eigenvalue weighted by molar-refractivity contribution is -0.132. The van der Waals surface area contributed by atoms with Crippen LogP contribution in [0.1, 0.15) is 40.9 Å². The lowest BCUT2D eigenvalue weighted by Gasteiger charge is -2.32. The van der Waals surface area contributed by atoms with Crippen molar-refractivity contribution >= 4 is 17.2 Å². The molecule has 0 radical (unpaired) electrons. The first-order valence-corrected chi connectivity index (χ1v) is 10.2. The van der Waals surface area contributed by atoms with Gasteiger partial charge in [-0.25, -0.2) is 4.98 Å². The van der Waals surface area contributed by atoms with Gasteiger partial charge in [-0.2, -0.15) is 0 Å². The molecule has 0 spiro atoms. The molecule has 2 N–H and O–H groups in total. The van der Waals surface area contributed by atoms with Gasteiger partial charge < -0.3 is 10.4 Å². The van der Waals surface area contributed by atoms with Crippen LogP contribution in [0.15, 0.2) is 35.8 Å². The summed E-state index contributed by atoms with van der Waals surface area (Å²) >= 11 is 1.70. The number of aliphatic hydroxyl groups is 1. The molecule has 2 fully saturated rings. The molecule has 2 aliphatic carbocycles. The summed E-state index contributed by atoms with van der Waals surface area (Å²) < 4.78 is 0. The van der Waals surface area contributed by atoms with E-state index >= 15 is 0 Å². The van der Waals surface area contributed by atoms with Crippen molar-refractivity contribution < 1.29 is 9.90 Å². The van der Waals surface area contributed by atoms with Crippen molar-refractivity contribution in [3.63, 3.8) is 0 Å². The Morgan fingerprint density at radius 3 is 2.81 bits per heavy atom. The van der Waals surface area contributed by atoms with E-state index in [1.54, 1.807) is 11.3 Å². The SMILES string of the molecule is O=C(N[C@@H]1c2ccccc2[C@@H]2CN(Cc3nccs3)C[C@H]12)C1CC(O)C1. The maximum atomic E-state index is 12.6. The summed E-state index contributed by atoms with van der Waals surface area (Å²) in [5, 5.41) is 16.0. The second-order valence-corrected chi connectivity index (χ2v) is 8.81. The van der Waals surface area contributed by atoms with E-state index in [2.05, 4.69) is 39.5 Å². The van der Waals surface area contributed by atoms with E-state index < -0.39 is 0 Å². The average Bonchev–Trinajstić information content (AvgIpc) is 3.31. The van der Waals surface area contributed by atoms with Crippen LogP contribution >= 0.6 is 11.3 Å². The first kappa shape index (κ1) is 16.4. The fourth-order valence-electron chi connectivity index (χ4n) is 4.85. The molecule has 1 saturated carbocycles. The second kappa shape index (κ2) is 6.44. The number of aromatic nitrogens is 1. The Balaban J connectivity index is 1.35. The number of carbonyl (C=O) groups excluding carboxylic acids is 1. The van der Waals surface area contributed by atoms with Gasteiger partial charge in [0.2, 0.25) is 5.91 Å². The number of nitrogens with one attached hydrogen (secondary N) is 1. The third-order valence-corrected chi connectivity index (χ3v) is 6.99. The monoisotopic (exact) mass is 369 g/mol. The largest absolute Gasteiger partial charge is 0.393 e. The molecule has 1 amide bonds. The van der Waals surface area contributed by atoms with Crippen molar-refractivity contribution in [3.8, 4) is 0 Å². The van der Waals surface area contributed by atoms with E-state index in [9.17, 15) is 9.90 Å². The molecule has 0 bridgehead atoms. The molecule has 0 unspecified atom stereocenters. The van der Waals surface area contributed by atoms with E-state index in [-0.39, 0.29) is 24.0 Å². The highest BCUT2D eigenvalue weighted by Gasteiger charge is 2.47. The van der Waals surface area contributed by atoms with Crippen molar-refractivity contribution in [2.45, 2.75) is 37.5 Å². The van der Waals surface area contributed by atoms with Gasteiger partial charge in [0.1, 0.15) is 5.01 Å². The highest BCUT2D eigenvalue weighted by atomic mass is 32.1. The number of hydrogen-bond acceptors (Lipinski definition) is 5. The van der Waals surface area contributed by atoms with Crippen molar-refractivity contribution in [1.82, 2.24) is 15.2 Å². The Hall–Kier alpha value is -1.76. The van der Waals surface area contributed by atoms with Crippen LogP contribution in [0.3, 0.4) is 0 Å². The summed E-state index contributed by atoms with van der Waals surface area (Å²) in [6.45, 7) is 2.90. The number of aliphatic hydroxyl groups excluding tert-OH is 1. The van der Waals surface area contributed by atoms with Gasteiger partial charge >= 0.3 is 0 Å². The van der Waals surface area contributed by atoms with E-state index in [1.165, 1.54) is 11.1 Å². The zero-order valence-electron chi connectivity index (χ0n) is 14.5. The Kier molecular flexibility index (Phi) is 4.07. The molecule has 1 aromatic heterocycles. The molecule has 6 heteroatoms. The van der Waals surface area contributed by atoms with Gasteiger partial charge in [-0.05, 0) is 24.0 Å².